The summed E-state index contributed by atoms with van der Waals surface area (Å²) in [6, 6.07) is 6.49. The van der Waals surface area contributed by atoms with Gasteiger partial charge in [0.15, 0.2) is 0 Å². The molecule has 172 valence electrons. The first kappa shape index (κ1) is 23.1. The van der Waals surface area contributed by atoms with Gasteiger partial charge in [-0.15, -0.1) is 0 Å². The molecular formula is C22H25IN2O7. The van der Waals surface area contributed by atoms with Gasteiger partial charge in [-0.05, 0) is 59.7 Å². The molecule has 2 heterocycles. The van der Waals surface area contributed by atoms with E-state index in [0.717, 1.165) is 3.57 Å². The van der Waals surface area contributed by atoms with Gasteiger partial charge in [0.25, 0.3) is 0 Å². The lowest BCUT2D eigenvalue weighted by atomic mass is 9.91. The highest BCUT2D eigenvalue weighted by Gasteiger charge is 2.44. The van der Waals surface area contributed by atoms with E-state index in [4.69, 9.17) is 19.3 Å². The third kappa shape index (κ3) is 4.98. The molecule has 3 aliphatic rings. The van der Waals surface area contributed by atoms with Crippen molar-refractivity contribution in [1.29, 1.82) is 0 Å². The van der Waals surface area contributed by atoms with E-state index >= 15 is 0 Å². The number of nitrogens with zero attached hydrogens (tertiary/aromatic N) is 1. The van der Waals surface area contributed by atoms with Crippen molar-refractivity contribution in [1.82, 2.24) is 10.2 Å². The van der Waals surface area contributed by atoms with E-state index in [0.29, 0.717) is 30.5 Å². The van der Waals surface area contributed by atoms with E-state index in [9.17, 15) is 14.4 Å². The van der Waals surface area contributed by atoms with Crippen LogP contribution in [0, 0.1) is 3.57 Å². The SMILES string of the molecule is O=C(OC1CC(C(=O)N2CCCC2C(=O)NCCO)=CC2OCOC21)c1cccc(I)c1. The van der Waals surface area contributed by atoms with Crippen molar-refractivity contribution in [3.05, 3.63) is 45.0 Å². The second kappa shape index (κ2) is 10.3. The second-order valence-electron chi connectivity index (χ2n) is 7.90. The normalized spacial score (nSPS) is 26.9. The number of benzene rings is 1. The number of carbonyl (C=O) groups is 3. The first-order chi connectivity index (χ1) is 15.5. The molecule has 2 amide bonds. The third-order valence-electron chi connectivity index (χ3n) is 5.82. The quantitative estimate of drug-likeness (QED) is 0.397. The molecule has 1 aliphatic carbocycles. The van der Waals surface area contributed by atoms with Crippen molar-refractivity contribution in [3.8, 4) is 0 Å². The van der Waals surface area contributed by atoms with Gasteiger partial charge < -0.3 is 29.5 Å². The van der Waals surface area contributed by atoms with Crippen LogP contribution in [0.1, 0.15) is 29.6 Å². The maximum absolute atomic E-state index is 13.3. The number of aliphatic hydroxyl groups excluding tert-OH is 1. The van der Waals surface area contributed by atoms with Crippen molar-refractivity contribution in [2.24, 2.45) is 0 Å². The fourth-order valence-corrected chi connectivity index (χ4v) is 4.84. The molecule has 2 aliphatic heterocycles. The highest BCUT2D eigenvalue weighted by atomic mass is 127. The summed E-state index contributed by atoms with van der Waals surface area (Å²) >= 11 is 2.12. The highest BCUT2D eigenvalue weighted by molar-refractivity contribution is 14.1. The molecule has 2 N–H and O–H groups in total. The molecule has 2 fully saturated rings. The number of carbonyl (C=O) groups excluding carboxylic acids is 3. The van der Waals surface area contributed by atoms with Crippen LogP contribution >= 0.6 is 22.6 Å². The summed E-state index contributed by atoms with van der Waals surface area (Å²) in [6.45, 7) is 0.503. The van der Waals surface area contributed by atoms with Crippen LogP contribution in [-0.2, 0) is 23.8 Å². The average Bonchev–Trinajstić information content (AvgIpc) is 3.46. The van der Waals surface area contributed by atoms with Crippen LogP contribution < -0.4 is 5.32 Å². The van der Waals surface area contributed by atoms with Crippen molar-refractivity contribution < 1.29 is 33.7 Å². The van der Waals surface area contributed by atoms with Crippen LogP contribution in [0.15, 0.2) is 35.9 Å². The minimum Gasteiger partial charge on any atom is -0.456 e. The predicted molar refractivity (Wildman–Crippen MR) is 121 cm³/mol. The number of hydrogen-bond acceptors (Lipinski definition) is 7. The van der Waals surface area contributed by atoms with E-state index in [-0.39, 0.29) is 38.2 Å². The lowest BCUT2D eigenvalue weighted by Gasteiger charge is -2.32. The van der Waals surface area contributed by atoms with Crippen LogP contribution in [0.4, 0.5) is 0 Å². The van der Waals surface area contributed by atoms with Gasteiger partial charge in [0.05, 0.1) is 12.2 Å². The molecule has 1 aromatic carbocycles. The fourth-order valence-electron chi connectivity index (χ4n) is 4.30. The Morgan fingerprint density at radius 3 is 2.91 bits per heavy atom. The first-order valence-electron chi connectivity index (χ1n) is 10.6. The van der Waals surface area contributed by atoms with E-state index in [1.807, 2.05) is 6.07 Å². The molecule has 4 rings (SSSR count). The van der Waals surface area contributed by atoms with Crippen molar-refractivity contribution in [3.63, 3.8) is 0 Å². The Kier molecular flexibility index (Phi) is 7.44. The van der Waals surface area contributed by atoms with Crippen molar-refractivity contribution in [2.45, 2.75) is 43.6 Å². The van der Waals surface area contributed by atoms with Gasteiger partial charge in [0.2, 0.25) is 11.8 Å². The van der Waals surface area contributed by atoms with Crippen LogP contribution in [0.2, 0.25) is 0 Å². The molecule has 0 aromatic heterocycles. The van der Waals surface area contributed by atoms with Crippen LogP contribution in [0.3, 0.4) is 0 Å². The van der Waals surface area contributed by atoms with Gasteiger partial charge in [-0.25, -0.2) is 4.79 Å². The zero-order valence-corrected chi connectivity index (χ0v) is 19.5. The number of hydrogen-bond donors (Lipinski definition) is 2. The standard InChI is InChI=1S/C22H25IN2O7/c23-15-4-1-3-13(9-15)22(29)32-18-11-14(10-17-19(18)31-12-30-17)21(28)25-7-2-5-16(25)20(27)24-6-8-26/h1,3-4,9-10,16-19,26H,2,5-8,11-12H2,(H,24,27). The molecule has 10 heteroatoms. The number of nitrogens with one attached hydrogen (secondary N) is 1. The van der Waals surface area contributed by atoms with Crippen molar-refractivity contribution in [2.75, 3.05) is 26.5 Å². The van der Waals surface area contributed by atoms with Crippen LogP contribution in [0.5, 0.6) is 0 Å². The van der Waals surface area contributed by atoms with E-state index < -0.39 is 30.3 Å². The molecule has 9 nitrogen and oxygen atoms in total. The maximum atomic E-state index is 13.3. The number of ether oxygens (including phenoxy) is 3. The van der Waals surface area contributed by atoms with Gasteiger partial charge in [-0.1, -0.05) is 6.07 Å². The molecule has 2 saturated heterocycles. The number of rotatable bonds is 6. The summed E-state index contributed by atoms with van der Waals surface area (Å²) in [5, 5.41) is 11.6. The molecule has 4 unspecified atom stereocenters. The topological polar surface area (TPSA) is 114 Å². The maximum Gasteiger partial charge on any atom is 0.338 e. The Labute approximate surface area is 199 Å². The molecule has 4 atom stereocenters. The van der Waals surface area contributed by atoms with Crippen LogP contribution in [-0.4, -0.2) is 78.6 Å². The number of aliphatic hydroxyl groups is 1. The molecule has 32 heavy (non-hydrogen) atoms. The fraction of sp³-hybridized carbons (Fsp3) is 0.500. The largest absolute Gasteiger partial charge is 0.456 e. The Morgan fingerprint density at radius 1 is 1.28 bits per heavy atom. The number of amides is 2. The molecular weight excluding hydrogens is 531 g/mol. The monoisotopic (exact) mass is 556 g/mol. The van der Waals surface area contributed by atoms with E-state index in [1.165, 1.54) is 0 Å². The van der Waals surface area contributed by atoms with Gasteiger partial charge in [0, 0.05) is 28.7 Å². The first-order valence-corrected chi connectivity index (χ1v) is 11.7. The number of likely N-dealkylation sites (tertiary alicyclic amines) is 1. The summed E-state index contributed by atoms with van der Waals surface area (Å²) in [6.07, 6.45) is 1.51. The van der Waals surface area contributed by atoms with E-state index in [1.54, 1.807) is 29.2 Å². The average molecular weight is 556 g/mol. The summed E-state index contributed by atoms with van der Waals surface area (Å²) in [5.74, 6) is -1.03. The zero-order chi connectivity index (χ0) is 22.7. The number of halogens is 1. The summed E-state index contributed by atoms with van der Waals surface area (Å²) in [5.41, 5.74) is 0.869. The third-order valence-corrected chi connectivity index (χ3v) is 6.49. The predicted octanol–water partition coefficient (Wildman–Crippen LogP) is 0.988. The Morgan fingerprint density at radius 2 is 2.12 bits per heavy atom. The lowest BCUT2D eigenvalue weighted by molar-refractivity contribution is -0.136. The van der Waals surface area contributed by atoms with Gasteiger partial charge in [0.1, 0.15) is 31.1 Å². The Balaban J connectivity index is 1.49. The summed E-state index contributed by atoms with van der Waals surface area (Å²) in [7, 11) is 0. The smallest absolute Gasteiger partial charge is 0.338 e. The Hall–Kier alpha value is -2.02. The number of esters is 1. The lowest BCUT2D eigenvalue weighted by Crippen LogP contribution is -2.49. The number of fused-ring (bicyclic) bond motifs is 1. The van der Waals surface area contributed by atoms with E-state index in [2.05, 4.69) is 27.9 Å². The molecule has 1 aromatic rings. The molecule has 0 spiro atoms. The van der Waals surface area contributed by atoms with Gasteiger partial charge >= 0.3 is 5.97 Å². The molecule has 0 saturated carbocycles. The minimum absolute atomic E-state index is 0.0560. The van der Waals surface area contributed by atoms with Crippen molar-refractivity contribution >= 4 is 40.4 Å². The zero-order valence-electron chi connectivity index (χ0n) is 17.4. The Bertz CT molecular complexity index is 921. The summed E-state index contributed by atoms with van der Waals surface area (Å²) in [4.78, 5) is 40.0. The highest BCUT2D eigenvalue weighted by Crippen LogP contribution is 2.33. The minimum atomic E-state index is -0.680. The molecule has 0 radical (unpaired) electrons. The van der Waals surface area contributed by atoms with Gasteiger partial charge in [-0.2, -0.15) is 0 Å². The molecule has 0 bridgehead atoms. The van der Waals surface area contributed by atoms with Gasteiger partial charge in [-0.3, -0.25) is 9.59 Å². The van der Waals surface area contributed by atoms with Crippen LogP contribution in [0.25, 0.3) is 0 Å². The second-order valence-corrected chi connectivity index (χ2v) is 9.15. The summed E-state index contributed by atoms with van der Waals surface area (Å²) < 4.78 is 17.9.